The molecule has 1 fully saturated rings. The van der Waals surface area contributed by atoms with E-state index in [4.69, 9.17) is 21.7 Å². The predicted molar refractivity (Wildman–Crippen MR) is 115 cm³/mol. The predicted octanol–water partition coefficient (Wildman–Crippen LogP) is 4.30. The van der Waals surface area contributed by atoms with Gasteiger partial charge in [0.25, 0.3) is 11.6 Å². The molecule has 0 unspecified atom stereocenters. The summed E-state index contributed by atoms with van der Waals surface area (Å²) in [5.41, 5.74) is 0.316. The van der Waals surface area contributed by atoms with Crippen molar-refractivity contribution in [1.82, 2.24) is 5.32 Å². The molecule has 1 N–H and O–H groups in total. The summed E-state index contributed by atoms with van der Waals surface area (Å²) in [6.07, 6.45) is 1.53. The lowest BCUT2D eigenvalue weighted by atomic mass is 10.1. The number of nitrogens with one attached hydrogen (secondary N) is 1. The summed E-state index contributed by atoms with van der Waals surface area (Å²) in [7, 11) is 0. The van der Waals surface area contributed by atoms with Crippen molar-refractivity contribution in [2.24, 2.45) is 0 Å². The molecule has 1 heterocycles. The number of ether oxygens (including phenoxy) is 2. The molecule has 1 aliphatic rings. The standard InChI is InChI=1S/C18H13BrN2O5S2/c19-12-1-4-14(5-2-12)25-7-8-26-15-6-3-13(21(23)24)9-11(15)10-16-17(22)20-18(27)28-16/h1-6,9-10H,7-8H2,(H,20,22,27)/b16-10-. The molecule has 0 bridgehead atoms. The van der Waals surface area contributed by atoms with E-state index in [-0.39, 0.29) is 24.8 Å². The van der Waals surface area contributed by atoms with Gasteiger partial charge in [0.2, 0.25) is 0 Å². The lowest BCUT2D eigenvalue weighted by Gasteiger charge is -2.11. The molecule has 1 amide bonds. The Labute approximate surface area is 178 Å². The van der Waals surface area contributed by atoms with E-state index in [2.05, 4.69) is 21.2 Å². The minimum absolute atomic E-state index is 0.101. The molecule has 3 rings (SSSR count). The largest absolute Gasteiger partial charge is 0.490 e. The first kappa shape index (κ1) is 20.3. The van der Waals surface area contributed by atoms with Crippen LogP contribution in [-0.2, 0) is 4.79 Å². The van der Waals surface area contributed by atoms with Gasteiger partial charge in [0.1, 0.15) is 29.0 Å². The van der Waals surface area contributed by atoms with Crippen LogP contribution in [0.4, 0.5) is 5.69 Å². The number of carbonyl (C=O) groups excluding carboxylic acids is 1. The first-order valence-electron chi connectivity index (χ1n) is 7.97. The SMILES string of the molecule is O=C1NC(=S)S/C1=C\c1cc([N+](=O)[O-])ccc1OCCOc1ccc(Br)cc1. The van der Waals surface area contributed by atoms with Gasteiger partial charge in [0.15, 0.2) is 0 Å². The summed E-state index contributed by atoms with van der Waals surface area (Å²) in [4.78, 5) is 22.8. The van der Waals surface area contributed by atoms with Gasteiger partial charge in [-0.1, -0.05) is 39.9 Å². The Morgan fingerprint density at radius 1 is 1.18 bits per heavy atom. The molecular formula is C18H13BrN2O5S2. The Morgan fingerprint density at radius 2 is 1.89 bits per heavy atom. The maximum absolute atomic E-state index is 11.9. The van der Waals surface area contributed by atoms with E-state index in [1.807, 2.05) is 24.3 Å². The van der Waals surface area contributed by atoms with Crippen LogP contribution >= 0.6 is 39.9 Å². The number of hydrogen-bond donors (Lipinski definition) is 1. The van der Waals surface area contributed by atoms with Crippen LogP contribution in [-0.4, -0.2) is 28.4 Å². The molecule has 2 aromatic carbocycles. The zero-order valence-corrected chi connectivity index (χ0v) is 17.4. The highest BCUT2D eigenvalue weighted by molar-refractivity contribution is 9.10. The molecule has 10 heteroatoms. The van der Waals surface area contributed by atoms with Gasteiger partial charge in [-0.3, -0.25) is 14.9 Å². The van der Waals surface area contributed by atoms with Crippen molar-refractivity contribution in [2.45, 2.75) is 0 Å². The molecule has 0 saturated carbocycles. The van der Waals surface area contributed by atoms with E-state index in [1.165, 1.54) is 24.3 Å². The maximum atomic E-state index is 11.9. The fourth-order valence-corrected chi connectivity index (χ4v) is 3.60. The Morgan fingerprint density at radius 3 is 2.54 bits per heavy atom. The fraction of sp³-hybridized carbons (Fsp3) is 0.111. The average Bonchev–Trinajstić information content (AvgIpc) is 2.98. The van der Waals surface area contributed by atoms with Gasteiger partial charge < -0.3 is 14.8 Å². The van der Waals surface area contributed by atoms with Crippen LogP contribution in [0.2, 0.25) is 0 Å². The number of non-ortho nitro benzene ring substituents is 1. The molecule has 0 radical (unpaired) electrons. The summed E-state index contributed by atoms with van der Waals surface area (Å²) >= 11 is 9.41. The monoisotopic (exact) mass is 480 g/mol. The highest BCUT2D eigenvalue weighted by atomic mass is 79.9. The van der Waals surface area contributed by atoms with Gasteiger partial charge in [0, 0.05) is 22.2 Å². The van der Waals surface area contributed by atoms with E-state index < -0.39 is 4.92 Å². The molecular weight excluding hydrogens is 468 g/mol. The van der Waals surface area contributed by atoms with Crippen molar-refractivity contribution >= 4 is 61.9 Å². The third-order valence-electron chi connectivity index (χ3n) is 3.56. The number of carbonyl (C=O) groups is 1. The zero-order chi connectivity index (χ0) is 20.1. The lowest BCUT2D eigenvalue weighted by Crippen LogP contribution is -2.17. The minimum atomic E-state index is -0.505. The van der Waals surface area contributed by atoms with Crippen molar-refractivity contribution in [3.63, 3.8) is 0 Å². The van der Waals surface area contributed by atoms with Crippen LogP contribution in [0.3, 0.4) is 0 Å². The summed E-state index contributed by atoms with van der Waals surface area (Å²) < 4.78 is 12.6. The van der Waals surface area contributed by atoms with Gasteiger partial charge in [0.05, 0.1) is 9.83 Å². The second kappa shape index (κ2) is 9.18. The normalized spacial score (nSPS) is 14.8. The van der Waals surface area contributed by atoms with Gasteiger partial charge in [-0.2, -0.15) is 0 Å². The molecule has 0 aliphatic carbocycles. The van der Waals surface area contributed by atoms with Gasteiger partial charge >= 0.3 is 0 Å². The van der Waals surface area contributed by atoms with Crippen LogP contribution in [0, 0.1) is 10.1 Å². The number of thioether (sulfide) groups is 1. The van der Waals surface area contributed by atoms with E-state index in [1.54, 1.807) is 0 Å². The molecule has 1 aliphatic heterocycles. The third-order valence-corrected chi connectivity index (χ3v) is 5.25. The molecule has 7 nitrogen and oxygen atoms in total. The number of nitro benzene ring substituents is 1. The first-order valence-corrected chi connectivity index (χ1v) is 9.98. The van der Waals surface area contributed by atoms with E-state index in [9.17, 15) is 14.9 Å². The van der Waals surface area contributed by atoms with Crippen molar-refractivity contribution in [3.05, 3.63) is 67.5 Å². The summed E-state index contributed by atoms with van der Waals surface area (Å²) in [6.45, 7) is 0.510. The van der Waals surface area contributed by atoms with Crippen LogP contribution in [0.15, 0.2) is 51.8 Å². The van der Waals surface area contributed by atoms with Crippen LogP contribution in [0.5, 0.6) is 11.5 Å². The lowest BCUT2D eigenvalue weighted by molar-refractivity contribution is -0.384. The van der Waals surface area contributed by atoms with Gasteiger partial charge in [-0.25, -0.2) is 0 Å². The molecule has 28 heavy (non-hydrogen) atoms. The molecule has 0 spiro atoms. The van der Waals surface area contributed by atoms with Crippen molar-refractivity contribution < 1.29 is 19.2 Å². The number of thiocarbonyl (C=S) groups is 1. The van der Waals surface area contributed by atoms with Crippen LogP contribution < -0.4 is 14.8 Å². The topological polar surface area (TPSA) is 90.7 Å². The van der Waals surface area contributed by atoms with Crippen LogP contribution in [0.25, 0.3) is 6.08 Å². The smallest absolute Gasteiger partial charge is 0.270 e. The average molecular weight is 481 g/mol. The highest BCUT2D eigenvalue weighted by Crippen LogP contribution is 2.31. The summed E-state index contributed by atoms with van der Waals surface area (Å²) in [5.74, 6) is 0.764. The molecule has 2 aromatic rings. The quantitative estimate of drug-likeness (QED) is 0.207. The van der Waals surface area contributed by atoms with Crippen molar-refractivity contribution in [3.8, 4) is 11.5 Å². The van der Waals surface area contributed by atoms with Crippen molar-refractivity contribution in [1.29, 1.82) is 0 Å². The fourth-order valence-electron chi connectivity index (χ4n) is 2.30. The number of amides is 1. The van der Waals surface area contributed by atoms with E-state index in [0.717, 1.165) is 16.2 Å². The first-order chi connectivity index (χ1) is 13.4. The number of benzene rings is 2. The second-order valence-electron chi connectivity index (χ2n) is 5.48. The number of hydrogen-bond acceptors (Lipinski definition) is 7. The van der Waals surface area contributed by atoms with Gasteiger partial charge in [-0.15, -0.1) is 0 Å². The summed E-state index contributed by atoms with van der Waals surface area (Å²) in [5, 5.41) is 13.6. The second-order valence-corrected chi connectivity index (χ2v) is 8.12. The Kier molecular flexibility index (Phi) is 6.65. The Balaban J connectivity index is 1.71. The number of nitrogens with zero attached hydrogens (tertiary/aromatic N) is 1. The zero-order valence-electron chi connectivity index (χ0n) is 14.2. The van der Waals surface area contributed by atoms with E-state index >= 15 is 0 Å². The minimum Gasteiger partial charge on any atom is -0.490 e. The molecule has 1 saturated heterocycles. The maximum Gasteiger partial charge on any atom is 0.270 e. The molecule has 0 aromatic heterocycles. The number of nitro groups is 1. The molecule has 0 atom stereocenters. The number of halogens is 1. The van der Waals surface area contributed by atoms with Crippen molar-refractivity contribution in [2.75, 3.05) is 13.2 Å². The number of rotatable bonds is 7. The van der Waals surface area contributed by atoms with E-state index in [0.29, 0.717) is 26.3 Å². The summed E-state index contributed by atoms with van der Waals surface area (Å²) in [6, 6.07) is 11.6. The molecule has 144 valence electrons. The van der Waals surface area contributed by atoms with Crippen LogP contribution in [0.1, 0.15) is 5.56 Å². The third kappa shape index (κ3) is 5.31. The Bertz CT molecular complexity index is 963. The Hall–Kier alpha value is -2.43. The highest BCUT2D eigenvalue weighted by Gasteiger charge is 2.23. The van der Waals surface area contributed by atoms with Gasteiger partial charge in [-0.05, 0) is 36.4 Å².